The number of nitrogens with zero attached hydrogens (tertiary/aromatic N) is 3. The molecule has 0 amide bonds. The Morgan fingerprint density at radius 1 is 1.50 bits per heavy atom. The molecule has 1 unspecified atom stereocenters. The van der Waals surface area contributed by atoms with E-state index in [1.807, 2.05) is 4.57 Å². The third-order valence-corrected chi connectivity index (χ3v) is 2.55. The van der Waals surface area contributed by atoms with Gasteiger partial charge in [-0.1, -0.05) is 20.8 Å². The Kier molecular flexibility index (Phi) is 3.26. The van der Waals surface area contributed by atoms with Crippen molar-refractivity contribution in [1.29, 1.82) is 0 Å². The van der Waals surface area contributed by atoms with Crippen LogP contribution in [0.1, 0.15) is 33.5 Å². The van der Waals surface area contributed by atoms with Crippen molar-refractivity contribution >= 4 is 0 Å². The molecule has 1 aromatic heterocycles. The number of aromatic nitrogens is 3. The van der Waals surface area contributed by atoms with Gasteiger partial charge in [0, 0.05) is 19.0 Å². The molecular formula is C10H20N4. The van der Waals surface area contributed by atoms with Crippen LogP contribution in [-0.2, 0) is 13.0 Å². The molecule has 0 saturated carbocycles. The molecule has 0 fully saturated rings. The second-order valence-electron chi connectivity index (χ2n) is 4.71. The summed E-state index contributed by atoms with van der Waals surface area (Å²) in [6.07, 6.45) is 2.54. The zero-order valence-electron chi connectivity index (χ0n) is 9.49. The number of rotatable bonds is 3. The quantitative estimate of drug-likeness (QED) is 0.790. The van der Waals surface area contributed by atoms with Gasteiger partial charge in [-0.2, -0.15) is 0 Å². The third kappa shape index (κ3) is 2.54. The maximum atomic E-state index is 6.08. The molecule has 0 spiro atoms. The van der Waals surface area contributed by atoms with Crippen LogP contribution in [0, 0.1) is 5.41 Å². The molecule has 1 rings (SSSR count). The highest BCUT2D eigenvalue weighted by molar-refractivity contribution is 4.93. The SMILES string of the molecule is CCn1cnnc1CC(N)C(C)(C)C. The minimum absolute atomic E-state index is 0.116. The highest BCUT2D eigenvalue weighted by Crippen LogP contribution is 2.19. The first kappa shape index (κ1) is 11.2. The smallest absolute Gasteiger partial charge is 0.134 e. The van der Waals surface area contributed by atoms with E-state index in [1.165, 1.54) is 0 Å². The van der Waals surface area contributed by atoms with Crippen LogP contribution >= 0.6 is 0 Å². The molecule has 0 saturated heterocycles. The average molecular weight is 196 g/mol. The Morgan fingerprint density at radius 2 is 2.14 bits per heavy atom. The summed E-state index contributed by atoms with van der Waals surface area (Å²) in [6.45, 7) is 9.41. The van der Waals surface area contributed by atoms with E-state index in [0.29, 0.717) is 0 Å². The van der Waals surface area contributed by atoms with Crippen LogP contribution in [0.5, 0.6) is 0 Å². The van der Waals surface area contributed by atoms with E-state index in [4.69, 9.17) is 5.73 Å². The molecule has 0 aromatic carbocycles. The highest BCUT2D eigenvalue weighted by atomic mass is 15.3. The van der Waals surface area contributed by atoms with E-state index in [1.54, 1.807) is 6.33 Å². The van der Waals surface area contributed by atoms with E-state index in [0.717, 1.165) is 18.8 Å². The maximum absolute atomic E-state index is 6.08. The van der Waals surface area contributed by atoms with Crippen molar-refractivity contribution in [3.05, 3.63) is 12.2 Å². The normalized spacial score (nSPS) is 14.4. The second kappa shape index (κ2) is 4.09. The van der Waals surface area contributed by atoms with Crippen LogP contribution in [0.2, 0.25) is 0 Å². The molecule has 1 aromatic rings. The minimum Gasteiger partial charge on any atom is -0.327 e. The molecule has 1 atom stereocenters. The van der Waals surface area contributed by atoms with E-state index in [-0.39, 0.29) is 11.5 Å². The Morgan fingerprint density at radius 3 is 2.64 bits per heavy atom. The van der Waals surface area contributed by atoms with E-state index >= 15 is 0 Å². The third-order valence-electron chi connectivity index (χ3n) is 2.55. The standard InChI is InChI=1S/C10H20N4/c1-5-14-7-12-13-9(14)6-8(11)10(2,3)4/h7-8H,5-6,11H2,1-4H3. The van der Waals surface area contributed by atoms with Crippen LogP contribution in [0.3, 0.4) is 0 Å². The largest absolute Gasteiger partial charge is 0.327 e. The van der Waals surface area contributed by atoms with Gasteiger partial charge >= 0.3 is 0 Å². The van der Waals surface area contributed by atoms with Gasteiger partial charge in [-0.3, -0.25) is 0 Å². The van der Waals surface area contributed by atoms with Gasteiger partial charge in [-0.15, -0.1) is 10.2 Å². The summed E-state index contributed by atoms with van der Waals surface area (Å²) in [5.74, 6) is 0.981. The van der Waals surface area contributed by atoms with Gasteiger partial charge in [-0.05, 0) is 12.3 Å². The van der Waals surface area contributed by atoms with Crippen molar-refractivity contribution in [2.45, 2.75) is 46.7 Å². The lowest BCUT2D eigenvalue weighted by molar-refractivity contribution is 0.312. The molecule has 0 aliphatic rings. The topological polar surface area (TPSA) is 56.7 Å². The predicted octanol–water partition coefficient (Wildman–Crippen LogP) is 1.21. The van der Waals surface area contributed by atoms with Crippen LogP contribution in [-0.4, -0.2) is 20.8 Å². The van der Waals surface area contributed by atoms with Crippen molar-refractivity contribution in [3.63, 3.8) is 0 Å². The van der Waals surface area contributed by atoms with Crippen LogP contribution < -0.4 is 5.73 Å². The van der Waals surface area contributed by atoms with Gasteiger partial charge in [0.2, 0.25) is 0 Å². The van der Waals surface area contributed by atoms with Crippen LogP contribution in [0.15, 0.2) is 6.33 Å². The molecule has 0 radical (unpaired) electrons. The predicted molar refractivity (Wildman–Crippen MR) is 56.8 cm³/mol. The monoisotopic (exact) mass is 196 g/mol. The van der Waals surface area contributed by atoms with Gasteiger partial charge in [0.1, 0.15) is 12.2 Å². The number of aryl methyl sites for hydroxylation is 1. The van der Waals surface area contributed by atoms with Gasteiger partial charge < -0.3 is 10.3 Å². The van der Waals surface area contributed by atoms with Crippen molar-refractivity contribution in [1.82, 2.24) is 14.8 Å². The molecule has 0 aliphatic carbocycles. The lowest BCUT2D eigenvalue weighted by Gasteiger charge is -2.26. The van der Waals surface area contributed by atoms with Crippen LogP contribution in [0.4, 0.5) is 0 Å². The molecule has 2 N–H and O–H groups in total. The fraction of sp³-hybridized carbons (Fsp3) is 0.800. The Bertz CT molecular complexity index is 285. The average Bonchev–Trinajstić information content (AvgIpc) is 2.50. The van der Waals surface area contributed by atoms with Crippen LogP contribution in [0.25, 0.3) is 0 Å². The number of nitrogens with two attached hydrogens (primary N) is 1. The number of hydrogen-bond donors (Lipinski definition) is 1. The Labute approximate surface area is 85.5 Å². The second-order valence-corrected chi connectivity index (χ2v) is 4.71. The van der Waals surface area contributed by atoms with E-state index in [2.05, 4.69) is 37.9 Å². The molecule has 4 nitrogen and oxygen atoms in total. The fourth-order valence-corrected chi connectivity index (χ4v) is 1.20. The van der Waals surface area contributed by atoms with Crippen molar-refractivity contribution in [3.8, 4) is 0 Å². The van der Waals surface area contributed by atoms with E-state index < -0.39 is 0 Å². The molecule has 14 heavy (non-hydrogen) atoms. The minimum atomic E-state index is 0.116. The maximum Gasteiger partial charge on any atom is 0.134 e. The number of hydrogen-bond acceptors (Lipinski definition) is 3. The Hall–Kier alpha value is -0.900. The molecule has 1 heterocycles. The first-order valence-corrected chi connectivity index (χ1v) is 5.07. The molecule has 80 valence electrons. The summed E-state index contributed by atoms with van der Waals surface area (Å²) in [5.41, 5.74) is 6.20. The summed E-state index contributed by atoms with van der Waals surface area (Å²) in [7, 11) is 0. The van der Waals surface area contributed by atoms with Crippen molar-refractivity contribution in [2.24, 2.45) is 11.1 Å². The first-order valence-electron chi connectivity index (χ1n) is 5.07. The zero-order valence-corrected chi connectivity index (χ0v) is 9.49. The summed E-state index contributed by atoms with van der Waals surface area (Å²) in [4.78, 5) is 0. The van der Waals surface area contributed by atoms with Gasteiger partial charge in [0.05, 0.1) is 0 Å². The van der Waals surface area contributed by atoms with Crippen molar-refractivity contribution in [2.75, 3.05) is 0 Å². The lowest BCUT2D eigenvalue weighted by Crippen LogP contribution is -2.37. The Balaban J connectivity index is 2.69. The molecule has 0 aliphatic heterocycles. The van der Waals surface area contributed by atoms with Gasteiger partial charge in [0.15, 0.2) is 0 Å². The molecule has 0 bridgehead atoms. The molecular weight excluding hydrogens is 176 g/mol. The van der Waals surface area contributed by atoms with Crippen molar-refractivity contribution < 1.29 is 0 Å². The summed E-state index contributed by atoms with van der Waals surface area (Å²) < 4.78 is 2.03. The lowest BCUT2D eigenvalue weighted by atomic mass is 9.85. The van der Waals surface area contributed by atoms with E-state index in [9.17, 15) is 0 Å². The van der Waals surface area contributed by atoms with Gasteiger partial charge in [-0.25, -0.2) is 0 Å². The van der Waals surface area contributed by atoms with Gasteiger partial charge in [0.25, 0.3) is 0 Å². The molecule has 4 heteroatoms. The fourth-order valence-electron chi connectivity index (χ4n) is 1.20. The zero-order chi connectivity index (χ0) is 10.8. The summed E-state index contributed by atoms with van der Waals surface area (Å²) >= 11 is 0. The highest BCUT2D eigenvalue weighted by Gasteiger charge is 2.22. The summed E-state index contributed by atoms with van der Waals surface area (Å²) in [5, 5.41) is 7.96. The first-order chi connectivity index (χ1) is 6.45. The summed E-state index contributed by atoms with van der Waals surface area (Å²) in [6, 6.07) is 0.122.